The number of halogens is 1. The van der Waals surface area contributed by atoms with Gasteiger partial charge in [-0.3, -0.25) is 9.59 Å². The molecule has 4 aromatic rings. The third kappa shape index (κ3) is 4.12. The maximum absolute atomic E-state index is 13.6. The number of aromatic amines is 1. The Balaban J connectivity index is 1.84. The normalized spacial score (nSPS) is 11.0. The summed E-state index contributed by atoms with van der Waals surface area (Å²) in [5, 5.41) is 1.30. The van der Waals surface area contributed by atoms with Gasteiger partial charge in [-0.05, 0) is 73.2 Å². The molecule has 0 spiro atoms. The molecule has 0 aliphatic carbocycles. The van der Waals surface area contributed by atoms with E-state index in [0.29, 0.717) is 16.1 Å². The van der Waals surface area contributed by atoms with E-state index in [1.165, 1.54) is 0 Å². The van der Waals surface area contributed by atoms with Gasteiger partial charge in [-0.15, -0.1) is 0 Å². The van der Waals surface area contributed by atoms with Crippen LogP contribution in [0.25, 0.3) is 10.9 Å². The molecular formula is C26H23ClN2O2. The van der Waals surface area contributed by atoms with Gasteiger partial charge in [-0.25, -0.2) is 0 Å². The Hall–Kier alpha value is -3.37. The van der Waals surface area contributed by atoms with Crippen LogP contribution in [0.15, 0.2) is 71.5 Å². The van der Waals surface area contributed by atoms with Crippen molar-refractivity contribution in [2.75, 3.05) is 4.90 Å². The highest BCUT2D eigenvalue weighted by Crippen LogP contribution is 2.28. The van der Waals surface area contributed by atoms with E-state index in [1.54, 1.807) is 29.2 Å². The first-order valence-electron chi connectivity index (χ1n) is 10.1. The second kappa shape index (κ2) is 8.40. The van der Waals surface area contributed by atoms with E-state index in [9.17, 15) is 9.59 Å². The zero-order valence-corrected chi connectivity index (χ0v) is 18.5. The van der Waals surface area contributed by atoms with Crippen LogP contribution in [0.5, 0.6) is 0 Å². The van der Waals surface area contributed by atoms with Crippen molar-refractivity contribution in [1.82, 2.24) is 4.98 Å². The first kappa shape index (κ1) is 20.9. The number of nitrogens with zero attached hydrogens (tertiary/aromatic N) is 1. The fourth-order valence-corrected chi connectivity index (χ4v) is 3.94. The molecule has 156 valence electrons. The summed E-state index contributed by atoms with van der Waals surface area (Å²) in [4.78, 5) is 31.0. The summed E-state index contributed by atoms with van der Waals surface area (Å²) in [5.74, 6) is -0.247. The number of aromatic nitrogens is 1. The van der Waals surface area contributed by atoms with Gasteiger partial charge in [0.2, 0.25) is 0 Å². The highest BCUT2D eigenvalue weighted by Gasteiger charge is 2.23. The molecule has 1 aromatic heterocycles. The van der Waals surface area contributed by atoms with Gasteiger partial charge in [-0.1, -0.05) is 48.0 Å². The maximum Gasteiger partial charge on any atom is 0.260 e. The van der Waals surface area contributed by atoms with E-state index in [1.807, 2.05) is 63.2 Å². The van der Waals surface area contributed by atoms with Crippen LogP contribution in [-0.2, 0) is 6.54 Å². The van der Waals surface area contributed by atoms with Crippen LogP contribution >= 0.6 is 11.6 Å². The van der Waals surface area contributed by atoms with Crippen LogP contribution < -0.4 is 10.5 Å². The molecule has 0 saturated heterocycles. The number of pyridine rings is 1. The molecule has 4 nitrogen and oxygen atoms in total. The summed E-state index contributed by atoms with van der Waals surface area (Å²) in [6.07, 6.45) is 0. The number of benzene rings is 3. The lowest BCUT2D eigenvalue weighted by Gasteiger charge is -2.26. The molecule has 1 heterocycles. The maximum atomic E-state index is 13.6. The van der Waals surface area contributed by atoms with Crippen LogP contribution in [0.3, 0.4) is 0 Å². The molecule has 0 atom stereocenters. The van der Waals surface area contributed by atoms with Crippen LogP contribution in [-0.4, -0.2) is 10.9 Å². The lowest BCUT2D eigenvalue weighted by Crippen LogP contribution is -2.33. The van der Waals surface area contributed by atoms with Gasteiger partial charge >= 0.3 is 0 Å². The van der Waals surface area contributed by atoms with Gasteiger partial charge in [0.1, 0.15) is 0 Å². The molecule has 0 bridgehead atoms. The third-order valence-corrected chi connectivity index (χ3v) is 5.95. The van der Waals surface area contributed by atoms with E-state index in [2.05, 4.69) is 4.98 Å². The fraction of sp³-hybridized carbons (Fsp3) is 0.154. The van der Waals surface area contributed by atoms with Gasteiger partial charge in [0.05, 0.1) is 17.1 Å². The van der Waals surface area contributed by atoms with E-state index < -0.39 is 0 Å². The van der Waals surface area contributed by atoms with E-state index in [-0.39, 0.29) is 18.0 Å². The van der Waals surface area contributed by atoms with Crippen molar-refractivity contribution >= 4 is 34.1 Å². The number of amides is 1. The summed E-state index contributed by atoms with van der Waals surface area (Å²) >= 11 is 6.33. The van der Waals surface area contributed by atoms with Crippen molar-refractivity contribution in [2.45, 2.75) is 27.3 Å². The zero-order chi connectivity index (χ0) is 22.1. The summed E-state index contributed by atoms with van der Waals surface area (Å²) < 4.78 is 0. The van der Waals surface area contributed by atoms with Gasteiger partial charge < -0.3 is 9.88 Å². The van der Waals surface area contributed by atoms with E-state index in [0.717, 1.165) is 33.3 Å². The molecule has 1 N–H and O–H groups in total. The number of carbonyl (C=O) groups is 1. The minimum atomic E-state index is -0.247. The van der Waals surface area contributed by atoms with Crippen molar-refractivity contribution in [1.29, 1.82) is 0 Å². The second-order valence-electron chi connectivity index (χ2n) is 7.80. The van der Waals surface area contributed by atoms with Crippen molar-refractivity contribution in [2.24, 2.45) is 0 Å². The molecule has 0 fully saturated rings. The minimum absolute atomic E-state index is 0.132. The molecular weight excluding hydrogens is 408 g/mol. The Bertz CT molecular complexity index is 1360. The predicted octanol–water partition coefficient (Wildman–Crippen LogP) is 5.95. The summed E-state index contributed by atoms with van der Waals surface area (Å²) in [6, 6.07) is 20.6. The number of carbonyl (C=O) groups excluding carboxylic acids is 1. The largest absolute Gasteiger partial charge is 0.322 e. The number of rotatable bonds is 4. The Morgan fingerprint density at radius 1 is 0.968 bits per heavy atom. The number of fused-ring (bicyclic) bond motifs is 1. The molecule has 0 unspecified atom stereocenters. The van der Waals surface area contributed by atoms with Crippen molar-refractivity contribution in [3.05, 3.63) is 110 Å². The Morgan fingerprint density at radius 3 is 2.52 bits per heavy atom. The summed E-state index contributed by atoms with van der Waals surface area (Å²) in [6.45, 7) is 6.09. The molecule has 0 aliphatic rings. The van der Waals surface area contributed by atoms with Gasteiger partial charge in [0.15, 0.2) is 0 Å². The number of nitrogens with one attached hydrogen (secondary N) is 1. The lowest BCUT2D eigenvalue weighted by molar-refractivity contribution is 0.0985. The fourth-order valence-electron chi connectivity index (χ4n) is 3.72. The molecule has 1 amide bonds. The van der Waals surface area contributed by atoms with Crippen LogP contribution in [0, 0.1) is 20.8 Å². The zero-order valence-electron chi connectivity index (χ0n) is 17.7. The molecule has 31 heavy (non-hydrogen) atoms. The van der Waals surface area contributed by atoms with Crippen LogP contribution in [0.2, 0.25) is 5.02 Å². The van der Waals surface area contributed by atoms with Crippen LogP contribution in [0.1, 0.15) is 32.6 Å². The summed E-state index contributed by atoms with van der Waals surface area (Å²) in [7, 11) is 0. The SMILES string of the molecule is Cc1ccc2cc(CN(C(=O)c3ccccc3Cl)c3cccc(C)c3C)c(=O)[nH]c2c1. The molecule has 5 heteroatoms. The standard InChI is InChI=1S/C26H23ClN2O2/c1-16-11-12-19-14-20(25(30)28-23(19)13-16)15-29(24-10-6-7-17(2)18(24)3)26(31)21-8-4-5-9-22(21)27/h4-14H,15H2,1-3H3,(H,28,30). The Labute approximate surface area is 186 Å². The Morgan fingerprint density at radius 2 is 1.74 bits per heavy atom. The van der Waals surface area contributed by atoms with E-state index >= 15 is 0 Å². The van der Waals surface area contributed by atoms with Crippen molar-refractivity contribution in [3.63, 3.8) is 0 Å². The number of anilines is 1. The molecule has 0 radical (unpaired) electrons. The topological polar surface area (TPSA) is 53.2 Å². The van der Waals surface area contributed by atoms with Gasteiger partial charge in [0.25, 0.3) is 11.5 Å². The Kier molecular flexibility index (Phi) is 5.66. The lowest BCUT2D eigenvalue weighted by atomic mass is 10.0. The van der Waals surface area contributed by atoms with Crippen molar-refractivity contribution < 1.29 is 4.79 Å². The second-order valence-corrected chi connectivity index (χ2v) is 8.21. The number of hydrogen-bond donors (Lipinski definition) is 1. The number of H-pyrrole nitrogens is 1. The molecule has 0 aliphatic heterocycles. The quantitative estimate of drug-likeness (QED) is 0.434. The van der Waals surface area contributed by atoms with E-state index in [4.69, 9.17) is 11.6 Å². The molecule has 4 rings (SSSR count). The van der Waals surface area contributed by atoms with Gasteiger partial charge in [-0.2, -0.15) is 0 Å². The molecule has 0 saturated carbocycles. The average Bonchev–Trinajstić information content (AvgIpc) is 2.74. The first-order valence-corrected chi connectivity index (χ1v) is 10.5. The van der Waals surface area contributed by atoms with Gasteiger partial charge in [0, 0.05) is 16.8 Å². The minimum Gasteiger partial charge on any atom is -0.322 e. The predicted molar refractivity (Wildman–Crippen MR) is 127 cm³/mol. The molecule has 3 aromatic carbocycles. The third-order valence-electron chi connectivity index (χ3n) is 5.62. The van der Waals surface area contributed by atoms with Crippen molar-refractivity contribution in [3.8, 4) is 0 Å². The monoisotopic (exact) mass is 430 g/mol. The van der Waals surface area contributed by atoms with Crippen LogP contribution in [0.4, 0.5) is 5.69 Å². The highest BCUT2D eigenvalue weighted by atomic mass is 35.5. The highest BCUT2D eigenvalue weighted by molar-refractivity contribution is 6.34. The summed E-state index contributed by atoms with van der Waals surface area (Å²) in [5.41, 5.74) is 5.36. The number of aryl methyl sites for hydroxylation is 2. The first-order chi connectivity index (χ1) is 14.8. The smallest absolute Gasteiger partial charge is 0.260 e. The average molecular weight is 431 g/mol. The number of hydrogen-bond acceptors (Lipinski definition) is 2.